The lowest BCUT2D eigenvalue weighted by Gasteiger charge is -2.05. The van der Waals surface area contributed by atoms with Gasteiger partial charge in [0.2, 0.25) is 0 Å². The number of hydrogen-bond acceptors (Lipinski definition) is 3. The van der Waals surface area contributed by atoms with Crippen molar-refractivity contribution in [2.24, 2.45) is 0 Å². The highest BCUT2D eigenvalue weighted by molar-refractivity contribution is 7.14. The van der Waals surface area contributed by atoms with Crippen LogP contribution in [-0.4, -0.2) is 11.1 Å². The number of benzene rings is 1. The first kappa shape index (κ1) is 13.9. The molecule has 0 atom stereocenters. The normalized spacial score (nSPS) is 10.2. The maximum absolute atomic E-state index is 11.3. The summed E-state index contributed by atoms with van der Waals surface area (Å²) in [6.07, 6.45) is 0. The fourth-order valence-corrected chi connectivity index (χ4v) is 3.24. The Morgan fingerprint density at radius 2 is 2.11 bits per heavy atom. The standard InChI is InChI=1S/C13H7Cl2NO2S/c1-6-9(5-16)11(12(19-6)13(17)18)8-3-2-7(14)4-10(8)15/h2-4H,1H3,(H,17,18). The summed E-state index contributed by atoms with van der Waals surface area (Å²) in [5.41, 5.74) is 1.20. The molecule has 1 aromatic heterocycles. The minimum absolute atomic E-state index is 0.110. The molecule has 2 aromatic rings. The Kier molecular flexibility index (Phi) is 3.81. The van der Waals surface area contributed by atoms with E-state index in [2.05, 4.69) is 0 Å². The van der Waals surface area contributed by atoms with Gasteiger partial charge in [-0.05, 0) is 19.1 Å². The quantitative estimate of drug-likeness (QED) is 0.881. The van der Waals surface area contributed by atoms with Gasteiger partial charge >= 0.3 is 5.97 Å². The Hall–Kier alpha value is -1.54. The molecule has 1 aromatic carbocycles. The Bertz CT molecular complexity index is 716. The summed E-state index contributed by atoms with van der Waals surface area (Å²) >= 11 is 13.0. The van der Waals surface area contributed by atoms with E-state index in [0.717, 1.165) is 11.3 Å². The Labute approximate surface area is 123 Å². The third-order valence-corrected chi connectivity index (χ3v) is 4.23. The number of hydrogen-bond donors (Lipinski definition) is 1. The van der Waals surface area contributed by atoms with Crippen molar-refractivity contribution in [3.63, 3.8) is 0 Å². The predicted molar refractivity (Wildman–Crippen MR) is 76.2 cm³/mol. The molecule has 0 saturated heterocycles. The number of rotatable bonds is 2. The summed E-state index contributed by atoms with van der Waals surface area (Å²) in [6, 6.07) is 6.80. The Morgan fingerprint density at radius 3 is 2.63 bits per heavy atom. The molecule has 1 heterocycles. The number of carboxylic acids is 1. The third kappa shape index (κ3) is 2.45. The number of halogens is 2. The zero-order valence-corrected chi connectivity index (χ0v) is 12.0. The summed E-state index contributed by atoms with van der Waals surface area (Å²) < 4.78 is 0. The van der Waals surface area contributed by atoms with Gasteiger partial charge in [0, 0.05) is 26.0 Å². The van der Waals surface area contributed by atoms with Gasteiger partial charge in [-0.15, -0.1) is 11.3 Å². The highest BCUT2D eigenvalue weighted by atomic mass is 35.5. The van der Waals surface area contributed by atoms with Crippen LogP contribution in [0.5, 0.6) is 0 Å². The molecular weight excluding hydrogens is 305 g/mol. The largest absolute Gasteiger partial charge is 0.477 e. The molecule has 6 heteroatoms. The van der Waals surface area contributed by atoms with E-state index < -0.39 is 5.97 Å². The highest BCUT2D eigenvalue weighted by Crippen LogP contribution is 2.40. The van der Waals surface area contributed by atoms with Crippen molar-refractivity contribution in [2.45, 2.75) is 6.92 Å². The molecule has 0 amide bonds. The molecule has 0 spiro atoms. The van der Waals surface area contributed by atoms with E-state index in [1.807, 2.05) is 6.07 Å². The topological polar surface area (TPSA) is 61.1 Å². The van der Waals surface area contributed by atoms with E-state index >= 15 is 0 Å². The van der Waals surface area contributed by atoms with Crippen LogP contribution in [0.15, 0.2) is 18.2 Å². The lowest BCUT2D eigenvalue weighted by molar-refractivity contribution is 0.0703. The number of nitrogens with zero attached hydrogens (tertiary/aromatic N) is 1. The lowest BCUT2D eigenvalue weighted by atomic mass is 10.0. The number of carbonyl (C=O) groups is 1. The number of aryl methyl sites for hydroxylation is 1. The van der Waals surface area contributed by atoms with Crippen molar-refractivity contribution >= 4 is 40.5 Å². The monoisotopic (exact) mass is 311 g/mol. The first-order valence-corrected chi connectivity index (χ1v) is 6.75. The van der Waals surface area contributed by atoms with E-state index in [9.17, 15) is 15.2 Å². The molecule has 0 aliphatic carbocycles. The second-order valence-corrected chi connectivity index (χ2v) is 5.85. The molecule has 96 valence electrons. The van der Waals surface area contributed by atoms with Crippen LogP contribution in [0.2, 0.25) is 10.0 Å². The van der Waals surface area contributed by atoms with Gasteiger partial charge in [0.1, 0.15) is 10.9 Å². The van der Waals surface area contributed by atoms with Gasteiger partial charge in [-0.25, -0.2) is 4.79 Å². The molecule has 1 N–H and O–H groups in total. The van der Waals surface area contributed by atoms with E-state index in [-0.39, 0.29) is 4.88 Å². The van der Waals surface area contributed by atoms with Crippen LogP contribution >= 0.6 is 34.5 Å². The average molecular weight is 312 g/mol. The second-order valence-electron chi connectivity index (χ2n) is 3.78. The molecule has 0 bridgehead atoms. The smallest absolute Gasteiger partial charge is 0.346 e. The van der Waals surface area contributed by atoms with Crippen molar-refractivity contribution < 1.29 is 9.90 Å². The van der Waals surface area contributed by atoms with E-state index in [0.29, 0.717) is 31.6 Å². The fourth-order valence-electron chi connectivity index (χ4n) is 1.78. The van der Waals surface area contributed by atoms with E-state index in [1.54, 1.807) is 19.1 Å². The molecule has 19 heavy (non-hydrogen) atoms. The van der Waals surface area contributed by atoms with Gasteiger partial charge < -0.3 is 5.11 Å². The molecule has 3 nitrogen and oxygen atoms in total. The predicted octanol–water partition coefficient (Wildman–Crippen LogP) is 4.60. The molecule has 0 aliphatic rings. The van der Waals surface area contributed by atoms with Gasteiger partial charge in [-0.2, -0.15) is 5.26 Å². The SMILES string of the molecule is Cc1sc(C(=O)O)c(-c2ccc(Cl)cc2Cl)c1C#N. The van der Waals surface area contributed by atoms with Gasteiger partial charge in [0.25, 0.3) is 0 Å². The van der Waals surface area contributed by atoms with Crippen LogP contribution in [0.4, 0.5) is 0 Å². The lowest BCUT2D eigenvalue weighted by Crippen LogP contribution is -1.96. The van der Waals surface area contributed by atoms with Gasteiger partial charge in [0.05, 0.1) is 5.56 Å². The molecular formula is C13H7Cl2NO2S. The Balaban J connectivity index is 2.81. The average Bonchev–Trinajstić information content (AvgIpc) is 2.66. The Morgan fingerprint density at radius 1 is 1.42 bits per heavy atom. The van der Waals surface area contributed by atoms with Gasteiger partial charge in [-0.3, -0.25) is 0 Å². The maximum atomic E-state index is 11.3. The van der Waals surface area contributed by atoms with Crippen LogP contribution in [0.3, 0.4) is 0 Å². The first-order chi connectivity index (χ1) is 8.95. The van der Waals surface area contributed by atoms with Crippen LogP contribution in [-0.2, 0) is 0 Å². The van der Waals surface area contributed by atoms with Crippen LogP contribution in [0.25, 0.3) is 11.1 Å². The van der Waals surface area contributed by atoms with Crippen LogP contribution in [0, 0.1) is 18.3 Å². The van der Waals surface area contributed by atoms with E-state index in [1.165, 1.54) is 6.07 Å². The molecule has 0 saturated carbocycles. The second kappa shape index (κ2) is 5.22. The summed E-state index contributed by atoms with van der Waals surface area (Å²) in [5.74, 6) is -1.07. The number of aromatic carboxylic acids is 1. The summed E-state index contributed by atoms with van der Waals surface area (Å²) in [6.45, 7) is 1.71. The maximum Gasteiger partial charge on any atom is 0.346 e. The molecule has 0 radical (unpaired) electrons. The van der Waals surface area contributed by atoms with Crippen LogP contribution in [0.1, 0.15) is 20.1 Å². The van der Waals surface area contributed by atoms with Crippen molar-refractivity contribution in [3.05, 3.63) is 43.6 Å². The number of carboxylic acid groups (broad SMARTS) is 1. The van der Waals surface area contributed by atoms with Gasteiger partial charge in [-0.1, -0.05) is 29.3 Å². The zero-order chi connectivity index (χ0) is 14.2. The number of thiophene rings is 1. The zero-order valence-electron chi connectivity index (χ0n) is 9.70. The molecule has 0 aliphatic heterocycles. The third-order valence-electron chi connectivity index (χ3n) is 2.59. The van der Waals surface area contributed by atoms with Crippen molar-refractivity contribution in [2.75, 3.05) is 0 Å². The summed E-state index contributed by atoms with van der Waals surface area (Å²) in [5, 5.41) is 19.2. The van der Waals surface area contributed by atoms with Crippen LogP contribution < -0.4 is 0 Å². The minimum Gasteiger partial charge on any atom is -0.477 e. The molecule has 0 unspecified atom stereocenters. The highest BCUT2D eigenvalue weighted by Gasteiger charge is 2.23. The van der Waals surface area contributed by atoms with Gasteiger partial charge in [0.15, 0.2) is 0 Å². The fraction of sp³-hybridized carbons (Fsp3) is 0.0769. The van der Waals surface area contributed by atoms with Crippen molar-refractivity contribution in [1.82, 2.24) is 0 Å². The first-order valence-electron chi connectivity index (χ1n) is 5.18. The van der Waals surface area contributed by atoms with Crippen molar-refractivity contribution in [1.29, 1.82) is 5.26 Å². The minimum atomic E-state index is -1.07. The molecule has 2 rings (SSSR count). The van der Waals surface area contributed by atoms with Crippen molar-refractivity contribution in [3.8, 4) is 17.2 Å². The molecule has 0 fully saturated rings. The summed E-state index contributed by atoms with van der Waals surface area (Å²) in [7, 11) is 0. The number of nitriles is 1. The van der Waals surface area contributed by atoms with E-state index in [4.69, 9.17) is 23.2 Å². The summed E-state index contributed by atoms with van der Waals surface area (Å²) in [4.78, 5) is 12.0.